The Morgan fingerprint density at radius 1 is 0.643 bits per heavy atom. The molecule has 140 valence electrons. The maximum atomic E-state index is 12.7. The molecular weight excluding hydrogens is 368 g/mol. The number of carbonyl (C=O) groups is 2. The molecule has 3 rings (SSSR count). The van der Waals surface area contributed by atoms with Crippen LogP contribution < -0.4 is 15.6 Å². The molecule has 0 spiro atoms. The second-order valence-electron chi connectivity index (χ2n) is 6.06. The highest BCUT2D eigenvalue weighted by Crippen LogP contribution is 2.10. The van der Waals surface area contributed by atoms with E-state index in [1.807, 2.05) is 91.0 Å². The lowest BCUT2D eigenvalue weighted by Crippen LogP contribution is -2.69. The minimum absolute atomic E-state index is 0.589. The van der Waals surface area contributed by atoms with E-state index in [1.165, 1.54) is 7.11 Å². The number of hydrogen-bond donors (Lipinski definition) is 0. The first-order valence-corrected chi connectivity index (χ1v) is 10.7. The van der Waals surface area contributed by atoms with Gasteiger partial charge in [0.05, 0.1) is 7.11 Å². The van der Waals surface area contributed by atoms with Gasteiger partial charge >= 0.3 is 20.3 Å². The summed E-state index contributed by atoms with van der Waals surface area (Å²) in [5.74, 6) is -1.20. The van der Waals surface area contributed by atoms with Gasteiger partial charge in [-0.25, -0.2) is 9.59 Å². The minimum atomic E-state index is -3.12. The van der Waals surface area contributed by atoms with Gasteiger partial charge in [0.2, 0.25) is 0 Å². The monoisotopic (exact) mass is 388 g/mol. The lowest BCUT2D eigenvalue weighted by atomic mass is 10.3. The van der Waals surface area contributed by atoms with Gasteiger partial charge < -0.3 is 9.16 Å². The summed E-state index contributed by atoms with van der Waals surface area (Å²) in [4.78, 5) is 24.1. The van der Waals surface area contributed by atoms with Crippen LogP contribution in [-0.2, 0) is 18.8 Å². The van der Waals surface area contributed by atoms with Gasteiger partial charge in [-0.3, -0.25) is 0 Å². The molecule has 0 atom stereocenters. The molecule has 0 unspecified atom stereocenters. The van der Waals surface area contributed by atoms with Gasteiger partial charge in [0, 0.05) is 12.2 Å². The molecule has 4 nitrogen and oxygen atoms in total. The predicted octanol–water partition coefficient (Wildman–Crippen LogP) is 1.93. The van der Waals surface area contributed by atoms with Gasteiger partial charge in [0.1, 0.15) is 0 Å². The summed E-state index contributed by atoms with van der Waals surface area (Å²) in [5, 5.41) is 2.81. The van der Waals surface area contributed by atoms with Crippen molar-refractivity contribution >= 4 is 35.8 Å². The molecule has 0 N–H and O–H groups in total. The van der Waals surface area contributed by atoms with E-state index in [4.69, 9.17) is 4.43 Å². The van der Waals surface area contributed by atoms with Crippen LogP contribution in [0.2, 0.25) is 0 Å². The minimum Gasteiger partial charge on any atom is -0.502 e. The number of carbonyl (C=O) groups excluding carboxylic acids is 2. The zero-order valence-corrected chi connectivity index (χ0v) is 16.4. The van der Waals surface area contributed by atoms with Crippen LogP contribution in [0.15, 0.2) is 103 Å². The first-order chi connectivity index (χ1) is 13.7. The molecule has 0 aromatic heterocycles. The van der Waals surface area contributed by atoms with Crippen molar-refractivity contribution in [2.45, 2.75) is 0 Å². The molecule has 28 heavy (non-hydrogen) atoms. The van der Waals surface area contributed by atoms with Gasteiger partial charge in [0.25, 0.3) is 0 Å². The molecule has 3 aromatic rings. The van der Waals surface area contributed by atoms with Crippen LogP contribution >= 0.6 is 0 Å². The normalized spacial score (nSPS) is 11.2. The quantitative estimate of drug-likeness (QED) is 0.280. The molecule has 0 saturated carbocycles. The van der Waals surface area contributed by atoms with Crippen LogP contribution in [0.25, 0.3) is 0 Å². The molecule has 0 aliphatic heterocycles. The predicted molar refractivity (Wildman–Crippen MR) is 111 cm³/mol. The molecule has 0 aliphatic carbocycles. The zero-order valence-electron chi connectivity index (χ0n) is 15.4. The maximum Gasteiger partial charge on any atom is 0.350 e. The van der Waals surface area contributed by atoms with Gasteiger partial charge in [-0.1, -0.05) is 91.0 Å². The van der Waals surface area contributed by atoms with Crippen molar-refractivity contribution < 1.29 is 18.8 Å². The number of ether oxygens (including phenoxy) is 1. The van der Waals surface area contributed by atoms with Crippen molar-refractivity contribution in [1.82, 2.24) is 0 Å². The highest BCUT2D eigenvalue weighted by Gasteiger charge is 2.44. The summed E-state index contributed by atoms with van der Waals surface area (Å²) in [6, 6.07) is 29.2. The van der Waals surface area contributed by atoms with Crippen molar-refractivity contribution in [1.29, 1.82) is 0 Å². The molecule has 0 aliphatic rings. The third kappa shape index (κ3) is 4.10. The van der Waals surface area contributed by atoms with E-state index in [-0.39, 0.29) is 0 Å². The van der Waals surface area contributed by atoms with Gasteiger partial charge in [-0.05, 0) is 15.6 Å². The van der Waals surface area contributed by atoms with Crippen LogP contribution in [-0.4, -0.2) is 27.4 Å². The highest BCUT2D eigenvalue weighted by molar-refractivity contribution is 7.07. The molecule has 0 bridgehead atoms. The summed E-state index contributed by atoms with van der Waals surface area (Å²) in [5.41, 5.74) is 0. The molecule has 0 amide bonds. The van der Waals surface area contributed by atoms with Crippen LogP contribution in [0.1, 0.15) is 0 Å². The number of methoxy groups -OCH3 is 1. The third-order valence-corrected chi connectivity index (χ3v) is 8.30. The van der Waals surface area contributed by atoms with Crippen molar-refractivity contribution in [3.8, 4) is 0 Å². The van der Waals surface area contributed by atoms with E-state index < -0.39 is 20.3 Å². The summed E-state index contributed by atoms with van der Waals surface area (Å²) in [7, 11) is -1.86. The number of rotatable bonds is 6. The van der Waals surface area contributed by atoms with E-state index in [0.717, 1.165) is 27.7 Å². The van der Waals surface area contributed by atoms with E-state index in [1.54, 1.807) is 0 Å². The van der Waals surface area contributed by atoms with Crippen molar-refractivity contribution in [3.63, 3.8) is 0 Å². The number of benzene rings is 3. The first-order valence-electron chi connectivity index (χ1n) is 8.82. The summed E-state index contributed by atoms with van der Waals surface area (Å²) in [6.07, 6.45) is 2.19. The Kier molecular flexibility index (Phi) is 6.19. The fourth-order valence-corrected chi connectivity index (χ4v) is 6.79. The average molecular weight is 388 g/mol. The Hall–Kier alpha value is -3.44. The topological polar surface area (TPSA) is 52.6 Å². The fourth-order valence-electron chi connectivity index (χ4n) is 3.08. The van der Waals surface area contributed by atoms with Gasteiger partial charge in [-0.15, -0.1) is 0 Å². The lowest BCUT2D eigenvalue weighted by molar-refractivity contribution is -0.135. The number of esters is 1. The highest BCUT2D eigenvalue weighted by atomic mass is 28.4. The Labute approximate surface area is 165 Å². The summed E-state index contributed by atoms with van der Waals surface area (Å²) >= 11 is 0. The zero-order chi connectivity index (χ0) is 19.8. The SMILES string of the molecule is COC(=O)/C=C\C(=O)O[Si](c1ccccc1)(c1ccccc1)c1ccccc1. The Morgan fingerprint density at radius 2 is 1.00 bits per heavy atom. The molecule has 0 saturated heterocycles. The second-order valence-corrected chi connectivity index (χ2v) is 9.36. The number of hydrogen-bond acceptors (Lipinski definition) is 4. The van der Waals surface area contributed by atoms with Crippen LogP contribution in [0.5, 0.6) is 0 Å². The Bertz CT molecular complexity index is 857. The Morgan fingerprint density at radius 3 is 1.36 bits per heavy atom. The van der Waals surface area contributed by atoms with Crippen LogP contribution in [0, 0.1) is 0 Å². The van der Waals surface area contributed by atoms with Crippen LogP contribution in [0.4, 0.5) is 0 Å². The van der Waals surface area contributed by atoms with E-state index >= 15 is 0 Å². The average Bonchev–Trinajstić information content (AvgIpc) is 2.77. The van der Waals surface area contributed by atoms with Crippen LogP contribution in [0.3, 0.4) is 0 Å². The maximum absolute atomic E-state index is 12.7. The summed E-state index contributed by atoms with van der Waals surface area (Å²) in [6.45, 7) is 0. The molecule has 0 fully saturated rings. The smallest absolute Gasteiger partial charge is 0.350 e. The molecule has 0 radical (unpaired) electrons. The van der Waals surface area contributed by atoms with Gasteiger partial charge in [0.15, 0.2) is 0 Å². The van der Waals surface area contributed by atoms with Crippen molar-refractivity contribution in [2.24, 2.45) is 0 Å². The van der Waals surface area contributed by atoms with E-state index in [0.29, 0.717) is 0 Å². The van der Waals surface area contributed by atoms with Crippen molar-refractivity contribution in [3.05, 3.63) is 103 Å². The van der Waals surface area contributed by atoms with Gasteiger partial charge in [-0.2, -0.15) is 0 Å². The Balaban J connectivity index is 2.18. The molecule has 3 aromatic carbocycles. The van der Waals surface area contributed by atoms with Crippen molar-refractivity contribution in [2.75, 3.05) is 7.11 Å². The lowest BCUT2D eigenvalue weighted by Gasteiger charge is -2.31. The molecule has 0 heterocycles. The standard InChI is InChI=1S/C23H20O4Si/c1-26-22(24)17-18-23(25)27-28(19-11-5-2-6-12-19,20-13-7-3-8-14-20)21-15-9-4-10-16-21/h2-18H,1H3/b18-17-. The fraction of sp³-hybridized carbons (Fsp3) is 0.0435. The molecular formula is C23H20O4Si. The van der Waals surface area contributed by atoms with E-state index in [2.05, 4.69) is 4.74 Å². The third-order valence-electron chi connectivity index (χ3n) is 4.35. The second kappa shape index (κ2) is 8.97. The molecule has 5 heteroatoms. The summed E-state index contributed by atoms with van der Waals surface area (Å²) < 4.78 is 10.8. The first kappa shape index (κ1) is 19.3. The largest absolute Gasteiger partial charge is 0.502 e. The van der Waals surface area contributed by atoms with E-state index in [9.17, 15) is 9.59 Å².